The lowest BCUT2D eigenvalue weighted by Gasteiger charge is -2.30. The summed E-state index contributed by atoms with van der Waals surface area (Å²) in [6.07, 6.45) is -0.781. The van der Waals surface area contributed by atoms with Crippen molar-refractivity contribution in [1.29, 1.82) is 0 Å². The Morgan fingerprint density at radius 2 is 1.68 bits per heavy atom. The minimum atomic E-state index is -0.781. The fraction of sp³-hybridized carbons (Fsp3) is 0.278. The van der Waals surface area contributed by atoms with E-state index < -0.39 is 6.23 Å². The molecule has 1 fully saturated rings. The number of aliphatic hydroxyl groups is 1. The molecular formula is C18H20N2O2. The minimum absolute atomic E-state index is 0.0244. The molecule has 0 aliphatic carbocycles. The van der Waals surface area contributed by atoms with Gasteiger partial charge in [0.2, 0.25) is 0 Å². The molecule has 0 saturated carbocycles. The Kier molecular flexibility index (Phi) is 4.22. The number of nitrogens with zero attached hydrogens (tertiary/aromatic N) is 2. The molecule has 114 valence electrons. The zero-order valence-corrected chi connectivity index (χ0v) is 12.6. The molecule has 3 rings (SSSR count). The highest BCUT2D eigenvalue weighted by molar-refractivity contribution is 5.94. The molecule has 0 aromatic heterocycles. The first-order valence-electron chi connectivity index (χ1n) is 7.52. The van der Waals surface area contributed by atoms with Gasteiger partial charge in [-0.15, -0.1) is 0 Å². The van der Waals surface area contributed by atoms with Gasteiger partial charge in [0, 0.05) is 24.6 Å². The molecule has 4 heteroatoms. The van der Waals surface area contributed by atoms with E-state index >= 15 is 0 Å². The smallest absolute Gasteiger partial charge is 0.270 e. The van der Waals surface area contributed by atoms with Crippen LogP contribution in [0.2, 0.25) is 0 Å². The predicted octanol–water partition coefficient (Wildman–Crippen LogP) is 2.51. The Labute approximate surface area is 130 Å². The van der Waals surface area contributed by atoms with E-state index in [9.17, 15) is 9.90 Å². The molecule has 4 nitrogen and oxygen atoms in total. The van der Waals surface area contributed by atoms with Crippen LogP contribution in [0.15, 0.2) is 60.7 Å². The number of amides is 1. The second-order valence-electron chi connectivity index (χ2n) is 5.74. The lowest BCUT2D eigenvalue weighted by atomic mass is 10.1. The van der Waals surface area contributed by atoms with Gasteiger partial charge in [0.1, 0.15) is 6.23 Å². The van der Waals surface area contributed by atoms with Crippen molar-refractivity contribution in [3.05, 3.63) is 71.8 Å². The third-order valence-corrected chi connectivity index (χ3v) is 4.00. The molecule has 1 N–H and O–H groups in total. The van der Waals surface area contributed by atoms with Gasteiger partial charge in [-0.3, -0.25) is 4.79 Å². The number of hydrogen-bond acceptors (Lipinski definition) is 3. The van der Waals surface area contributed by atoms with Crippen LogP contribution in [0.25, 0.3) is 0 Å². The molecule has 22 heavy (non-hydrogen) atoms. The molecule has 1 aliphatic rings. The van der Waals surface area contributed by atoms with Crippen LogP contribution in [0.4, 0.5) is 0 Å². The second kappa shape index (κ2) is 6.30. The van der Waals surface area contributed by atoms with Crippen LogP contribution in [-0.4, -0.2) is 33.8 Å². The van der Waals surface area contributed by atoms with Crippen molar-refractivity contribution < 1.29 is 9.90 Å². The molecule has 0 radical (unpaired) electrons. The Hall–Kier alpha value is -2.17. The first-order chi connectivity index (χ1) is 10.7. The van der Waals surface area contributed by atoms with Gasteiger partial charge < -0.3 is 5.11 Å². The highest BCUT2D eigenvalue weighted by Gasteiger charge is 2.39. The van der Waals surface area contributed by atoms with Crippen molar-refractivity contribution in [1.82, 2.24) is 10.0 Å². The molecule has 2 aromatic rings. The zero-order valence-electron chi connectivity index (χ0n) is 12.6. The average Bonchev–Trinajstić information content (AvgIpc) is 2.83. The average molecular weight is 296 g/mol. The SMILES string of the molecule is CC1CN(Cc2ccccc2)N(C(=O)c2ccccc2)C1O. The summed E-state index contributed by atoms with van der Waals surface area (Å²) in [5.74, 6) is -0.134. The number of carbonyl (C=O) groups excluding carboxylic acids is 1. The summed E-state index contributed by atoms with van der Waals surface area (Å²) in [6, 6.07) is 19.1. The van der Waals surface area contributed by atoms with Gasteiger partial charge in [-0.1, -0.05) is 55.5 Å². The Balaban J connectivity index is 1.84. The van der Waals surface area contributed by atoms with Crippen LogP contribution < -0.4 is 0 Å². The number of hydrogen-bond donors (Lipinski definition) is 1. The number of carbonyl (C=O) groups is 1. The lowest BCUT2D eigenvalue weighted by molar-refractivity contribution is -0.0656. The Morgan fingerprint density at radius 3 is 2.32 bits per heavy atom. The molecule has 2 atom stereocenters. The predicted molar refractivity (Wildman–Crippen MR) is 84.6 cm³/mol. The van der Waals surface area contributed by atoms with Crippen LogP contribution in [0, 0.1) is 5.92 Å². The van der Waals surface area contributed by atoms with Gasteiger partial charge in [-0.25, -0.2) is 10.0 Å². The topological polar surface area (TPSA) is 43.8 Å². The minimum Gasteiger partial charge on any atom is -0.372 e. The van der Waals surface area contributed by atoms with E-state index in [1.54, 1.807) is 12.1 Å². The largest absolute Gasteiger partial charge is 0.372 e. The van der Waals surface area contributed by atoms with E-state index in [0.29, 0.717) is 18.7 Å². The third kappa shape index (κ3) is 2.89. The van der Waals surface area contributed by atoms with Crippen molar-refractivity contribution >= 4 is 5.91 Å². The van der Waals surface area contributed by atoms with Gasteiger partial charge in [-0.05, 0) is 17.7 Å². The van der Waals surface area contributed by atoms with Gasteiger partial charge in [0.05, 0.1) is 0 Å². The second-order valence-corrected chi connectivity index (χ2v) is 5.74. The van der Waals surface area contributed by atoms with Crippen LogP contribution in [0.3, 0.4) is 0 Å². The maximum atomic E-state index is 12.7. The number of aliphatic hydroxyl groups excluding tert-OH is 1. The van der Waals surface area contributed by atoms with E-state index in [2.05, 4.69) is 0 Å². The van der Waals surface area contributed by atoms with Crippen molar-refractivity contribution in [2.24, 2.45) is 5.92 Å². The maximum Gasteiger partial charge on any atom is 0.270 e. The quantitative estimate of drug-likeness (QED) is 0.946. The number of rotatable bonds is 3. The van der Waals surface area contributed by atoms with Crippen LogP contribution in [0.5, 0.6) is 0 Å². The van der Waals surface area contributed by atoms with Gasteiger partial charge in [0.25, 0.3) is 5.91 Å². The summed E-state index contributed by atoms with van der Waals surface area (Å²) in [5.41, 5.74) is 1.71. The maximum absolute atomic E-state index is 12.7. The molecule has 1 amide bonds. The Morgan fingerprint density at radius 1 is 1.09 bits per heavy atom. The number of hydrazine groups is 1. The van der Waals surface area contributed by atoms with Crippen molar-refractivity contribution in [3.63, 3.8) is 0 Å². The standard InChI is InChI=1S/C18H20N2O2/c1-14-12-19(13-15-8-4-2-5-9-15)20(17(14)21)18(22)16-10-6-3-7-11-16/h2-11,14,17,21H,12-13H2,1H3. The van der Waals surface area contributed by atoms with Crippen molar-refractivity contribution in [2.75, 3.05) is 6.54 Å². The van der Waals surface area contributed by atoms with E-state index in [1.807, 2.05) is 60.5 Å². The molecular weight excluding hydrogens is 276 g/mol. The zero-order chi connectivity index (χ0) is 15.5. The van der Waals surface area contributed by atoms with Crippen LogP contribution >= 0.6 is 0 Å². The van der Waals surface area contributed by atoms with Crippen molar-refractivity contribution in [2.45, 2.75) is 19.7 Å². The van der Waals surface area contributed by atoms with E-state index in [0.717, 1.165) is 5.56 Å². The fourth-order valence-corrected chi connectivity index (χ4v) is 2.82. The monoisotopic (exact) mass is 296 g/mol. The highest BCUT2D eigenvalue weighted by Crippen LogP contribution is 2.26. The summed E-state index contributed by atoms with van der Waals surface area (Å²) < 4.78 is 0. The normalized spacial score (nSPS) is 22.0. The molecule has 0 bridgehead atoms. The summed E-state index contributed by atoms with van der Waals surface area (Å²) >= 11 is 0. The summed E-state index contributed by atoms with van der Waals surface area (Å²) in [7, 11) is 0. The first kappa shape index (κ1) is 14.8. The van der Waals surface area contributed by atoms with E-state index in [1.165, 1.54) is 5.01 Å². The summed E-state index contributed by atoms with van der Waals surface area (Å²) in [5, 5.41) is 13.8. The highest BCUT2D eigenvalue weighted by atomic mass is 16.3. The van der Waals surface area contributed by atoms with Gasteiger partial charge >= 0.3 is 0 Å². The Bertz CT molecular complexity index is 630. The molecule has 1 aliphatic heterocycles. The lowest BCUT2D eigenvalue weighted by Crippen LogP contribution is -2.45. The molecule has 1 saturated heterocycles. The molecule has 1 heterocycles. The van der Waals surface area contributed by atoms with Crippen LogP contribution in [-0.2, 0) is 6.54 Å². The third-order valence-electron chi connectivity index (χ3n) is 4.00. The number of benzene rings is 2. The molecule has 0 spiro atoms. The van der Waals surface area contributed by atoms with Crippen molar-refractivity contribution in [3.8, 4) is 0 Å². The van der Waals surface area contributed by atoms with Gasteiger partial charge in [-0.2, -0.15) is 0 Å². The first-order valence-corrected chi connectivity index (χ1v) is 7.52. The molecule has 2 aromatic carbocycles. The van der Waals surface area contributed by atoms with Gasteiger partial charge in [0.15, 0.2) is 0 Å². The summed E-state index contributed by atoms with van der Waals surface area (Å²) in [6.45, 7) is 3.23. The summed E-state index contributed by atoms with van der Waals surface area (Å²) in [4.78, 5) is 12.7. The van der Waals surface area contributed by atoms with E-state index in [4.69, 9.17) is 0 Å². The van der Waals surface area contributed by atoms with E-state index in [-0.39, 0.29) is 11.8 Å². The fourth-order valence-electron chi connectivity index (χ4n) is 2.82. The molecule has 2 unspecified atom stereocenters. The van der Waals surface area contributed by atoms with Crippen LogP contribution in [0.1, 0.15) is 22.8 Å².